The number of rotatable bonds is 3. The van der Waals surface area contributed by atoms with Crippen molar-refractivity contribution in [3.63, 3.8) is 0 Å². The summed E-state index contributed by atoms with van der Waals surface area (Å²) in [4.78, 5) is 11.8. The highest BCUT2D eigenvalue weighted by Crippen LogP contribution is 2.37. The van der Waals surface area contributed by atoms with Gasteiger partial charge in [0.1, 0.15) is 0 Å². The number of benzene rings is 1. The Hall–Kier alpha value is -1.48. The quantitative estimate of drug-likeness (QED) is 0.848. The first kappa shape index (κ1) is 14.9. The van der Waals surface area contributed by atoms with Gasteiger partial charge < -0.3 is 10.1 Å². The molecule has 1 aromatic rings. The summed E-state index contributed by atoms with van der Waals surface area (Å²) in [6.07, 6.45) is 4.13. The molecule has 1 aliphatic heterocycles. The average Bonchev–Trinajstić information content (AvgIpc) is 2.38. The van der Waals surface area contributed by atoms with E-state index < -0.39 is 0 Å². The SMILES string of the molecule is CCOC(=O)C(C)c1cc(Cl)c2c(c1)C=CC(C)(C)N2. The van der Waals surface area contributed by atoms with Crippen LogP contribution >= 0.6 is 11.6 Å². The summed E-state index contributed by atoms with van der Waals surface area (Å²) in [5.41, 5.74) is 2.67. The lowest BCUT2D eigenvalue weighted by molar-refractivity contribution is -0.144. The number of hydrogen-bond acceptors (Lipinski definition) is 3. The van der Waals surface area contributed by atoms with Crippen molar-refractivity contribution in [2.24, 2.45) is 0 Å². The molecule has 108 valence electrons. The lowest BCUT2D eigenvalue weighted by Gasteiger charge is -2.30. The Labute approximate surface area is 125 Å². The predicted octanol–water partition coefficient (Wildman–Crippen LogP) is 4.22. The van der Waals surface area contributed by atoms with E-state index in [1.165, 1.54) is 0 Å². The second-order valence-electron chi connectivity index (χ2n) is 5.62. The van der Waals surface area contributed by atoms with Crippen LogP contribution in [-0.2, 0) is 9.53 Å². The van der Waals surface area contributed by atoms with Crippen LogP contribution in [-0.4, -0.2) is 18.1 Å². The fourth-order valence-corrected chi connectivity index (χ4v) is 2.51. The number of nitrogens with one attached hydrogen (secondary N) is 1. The van der Waals surface area contributed by atoms with Crippen LogP contribution in [0.2, 0.25) is 5.02 Å². The monoisotopic (exact) mass is 293 g/mol. The Morgan fingerprint density at radius 3 is 2.80 bits per heavy atom. The van der Waals surface area contributed by atoms with Gasteiger partial charge in [0.2, 0.25) is 0 Å². The van der Waals surface area contributed by atoms with Gasteiger partial charge in [-0.25, -0.2) is 0 Å². The second-order valence-corrected chi connectivity index (χ2v) is 6.03. The largest absolute Gasteiger partial charge is 0.466 e. The smallest absolute Gasteiger partial charge is 0.313 e. The van der Waals surface area contributed by atoms with E-state index in [2.05, 4.69) is 25.2 Å². The molecule has 4 heteroatoms. The van der Waals surface area contributed by atoms with E-state index in [0.29, 0.717) is 11.6 Å². The van der Waals surface area contributed by atoms with Gasteiger partial charge in [0.15, 0.2) is 0 Å². The van der Waals surface area contributed by atoms with Gasteiger partial charge in [-0.05, 0) is 51.0 Å². The summed E-state index contributed by atoms with van der Waals surface area (Å²) in [6, 6.07) is 3.83. The third-order valence-electron chi connectivity index (χ3n) is 3.41. The van der Waals surface area contributed by atoms with Gasteiger partial charge in [0, 0.05) is 0 Å². The van der Waals surface area contributed by atoms with Crippen molar-refractivity contribution < 1.29 is 9.53 Å². The number of esters is 1. The van der Waals surface area contributed by atoms with E-state index in [0.717, 1.165) is 16.8 Å². The summed E-state index contributed by atoms with van der Waals surface area (Å²) in [6.45, 7) is 8.19. The Morgan fingerprint density at radius 2 is 2.15 bits per heavy atom. The van der Waals surface area contributed by atoms with Crippen LogP contribution in [0.5, 0.6) is 0 Å². The molecule has 0 bridgehead atoms. The molecule has 1 atom stereocenters. The van der Waals surface area contributed by atoms with E-state index in [4.69, 9.17) is 16.3 Å². The molecular formula is C16H20ClNO2. The fraction of sp³-hybridized carbons (Fsp3) is 0.438. The number of fused-ring (bicyclic) bond motifs is 1. The molecule has 0 amide bonds. The standard InChI is InChI=1S/C16H20ClNO2/c1-5-20-15(19)10(2)12-8-11-6-7-16(3,4)18-14(11)13(17)9-12/h6-10,18H,5H2,1-4H3. The van der Waals surface area contributed by atoms with Gasteiger partial charge >= 0.3 is 5.97 Å². The highest BCUT2D eigenvalue weighted by Gasteiger charge is 2.24. The molecule has 0 radical (unpaired) electrons. The van der Waals surface area contributed by atoms with Crippen LogP contribution in [0, 0.1) is 0 Å². The van der Waals surface area contributed by atoms with E-state index in [1.807, 2.05) is 25.1 Å². The number of ether oxygens (including phenoxy) is 1. The maximum atomic E-state index is 11.8. The van der Waals surface area contributed by atoms with Crippen molar-refractivity contribution >= 4 is 29.3 Å². The first-order valence-electron chi connectivity index (χ1n) is 6.81. The number of carbonyl (C=O) groups excluding carboxylic acids is 1. The third-order valence-corrected chi connectivity index (χ3v) is 3.71. The second kappa shape index (κ2) is 5.49. The normalized spacial score (nSPS) is 17.1. The molecule has 1 aliphatic rings. The molecule has 0 saturated heterocycles. The average molecular weight is 294 g/mol. The number of anilines is 1. The van der Waals surface area contributed by atoms with Crippen LogP contribution in [0.25, 0.3) is 6.08 Å². The number of hydrogen-bond donors (Lipinski definition) is 1. The molecule has 2 rings (SSSR count). The van der Waals surface area contributed by atoms with E-state index in [9.17, 15) is 4.79 Å². The van der Waals surface area contributed by atoms with Gasteiger partial charge in [-0.3, -0.25) is 4.79 Å². The lowest BCUT2D eigenvalue weighted by Crippen LogP contribution is -2.30. The summed E-state index contributed by atoms with van der Waals surface area (Å²) in [7, 11) is 0. The Morgan fingerprint density at radius 1 is 1.45 bits per heavy atom. The van der Waals surface area contributed by atoms with Crippen LogP contribution in [0.4, 0.5) is 5.69 Å². The summed E-state index contributed by atoms with van der Waals surface area (Å²) in [5.74, 6) is -0.544. The van der Waals surface area contributed by atoms with Gasteiger partial charge in [-0.1, -0.05) is 23.8 Å². The highest BCUT2D eigenvalue weighted by atomic mass is 35.5. The predicted molar refractivity (Wildman–Crippen MR) is 83.2 cm³/mol. The number of carbonyl (C=O) groups is 1. The summed E-state index contributed by atoms with van der Waals surface area (Å²) < 4.78 is 5.06. The first-order valence-corrected chi connectivity index (χ1v) is 7.19. The van der Waals surface area contributed by atoms with Gasteiger partial charge in [-0.2, -0.15) is 0 Å². The molecule has 1 unspecified atom stereocenters. The van der Waals surface area contributed by atoms with Crippen molar-refractivity contribution in [3.05, 3.63) is 34.4 Å². The van der Waals surface area contributed by atoms with Crippen LogP contribution in [0.3, 0.4) is 0 Å². The Kier molecular flexibility index (Phi) is 4.09. The molecule has 1 heterocycles. The molecule has 0 spiro atoms. The minimum Gasteiger partial charge on any atom is -0.466 e. The maximum Gasteiger partial charge on any atom is 0.313 e. The number of halogens is 1. The molecular weight excluding hydrogens is 274 g/mol. The minimum absolute atomic E-state index is 0.120. The van der Waals surface area contributed by atoms with Crippen molar-refractivity contribution in [1.29, 1.82) is 0 Å². The molecule has 20 heavy (non-hydrogen) atoms. The lowest BCUT2D eigenvalue weighted by atomic mass is 9.92. The Bertz CT molecular complexity index is 564. The molecule has 1 N–H and O–H groups in total. The molecule has 0 aliphatic carbocycles. The Balaban J connectivity index is 2.36. The molecule has 0 saturated carbocycles. The third kappa shape index (κ3) is 2.98. The van der Waals surface area contributed by atoms with Gasteiger partial charge in [0.05, 0.1) is 28.8 Å². The topological polar surface area (TPSA) is 38.3 Å². The van der Waals surface area contributed by atoms with Crippen molar-refractivity contribution in [1.82, 2.24) is 0 Å². The molecule has 1 aromatic carbocycles. The van der Waals surface area contributed by atoms with Crippen molar-refractivity contribution in [3.8, 4) is 0 Å². The zero-order chi connectivity index (χ0) is 14.9. The molecule has 0 aromatic heterocycles. The summed E-state index contributed by atoms with van der Waals surface area (Å²) in [5, 5.41) is 4.02. The highest BCUT2D eigenvalue weighted by molar-refractivity contribution is 6.33. The maximum absolute atomic E-state index is 11.8. The van der Waals surface area contributed by atoms with E-state index in [-0.39, 0.29) is 17.4 Å². The van der Waals surface area contributed by atoms with Crippen molar-refractivity contribution in [2.75, 3.05) is 11.9 Å². The van der Waals surface area contributed by atoms with E-state index >= 15 is 0 Å². The zero-order valence-corrected chi connectivity index (χ0v) is 13.0. The van der Waals surface area contributed by atoms with E-state index in [1.54, 1.807) is 6.92 Å². The van der Waals surface area contributed by atoms with Crippen LogP contribution in [0.1, 0.15) is 44.7 Å². The van der Waals surface area contributed by atoms with Gasteiger partial charge in [-0.15, -0.1) is 0 Å². The van der Waals surface area contributed by atoms with Crippen molar-refractivity contribution in [2.45, 2.75) is 39.2 Å². The molecule has 0 fully saturated rings. The molecule has 3 nitrogen and oxygen atoms in total. The van der Waals surface area contributed by atoms with Gasteiger partial charge in [0.25, 0.3) is 0 Å². The fourth-order valence-electron chi connectivity index (χ4n) is 2.23. The van der Waals surface area contributed by atoms with Crippen LogP contribution < -0.4 is 5.32 Å². The minimum atomic E-state index is -0.318. The summed E-state index contributed by atoms with van der Waals surface area (Å²) >= 11 is 6.35. The first-order chi connectivity index (χ1) is 9.34. The zero-order valence-electron chi connectivity index (χ0n) is 12.3. The van der Waals surface area contributed by atoms with Crippen LogP contribution in [0.15, 0.2) is 18.2 Å².